The molecule has 0 aromatic heterocycles. The SMILES string of the molecule is CCCCNC(=O)[C@H](Cc1ccc(-c2ccccc2)cc1)NC(=O)N(CCC(C)C)C(CSc1ccccc1)C(=O)OCC. The van der Waals surface area contributed by atoms with E-state index in [0.717, 1.165) is 34.4 Å². The molecule has 1 unspecified atom stereocenters. The van der Waals surface area contributed by atoms with Crippen LogP contribution in [0.5, 0.6) is 0 Å². The maximum Gasteiger partial charge on any atom is 0.329 e. The number of benzene rings is 3. The zero-order valence-electron chi connectivity index (χ0n) is 26.5. The number of thioether (sulfide) groups is 1. The molecule has 3 amide bonds. The molecule has 3 aromatic rings. The molecule has 0 radical (unpaired) electrons. The Labute approximate surface area is 267 Å². The Morgan fingerprint density at radius 2 is 1.50 bits per heavy atom. The summed E-state index contributed by atoms with van der Waals surface area (Å²) in [5.41, 5.74) is 3.12. The predicted octanol–water partition coefficient (Wildman–Crippen LogP) is 6.96. The van der Waals surface area contributed by atoms with Gasteiger partial charge in [-0.1, -0.05) is 100.0 Å². The zero-order valence-corrected chi connectivity index (χ0v) is 27.3. The fourth-order valence-corrected chi connectivity index (χ4v) is 5.68. The van der Waals surface area contributed by atoms with Crippen LogP contribution in [0.4, 0.5) is 4.79 Å². The molecule has 0 aliphatic carbocycles. The molecule has 44 heavy (non-hydrogen) atoms. The molecule has 7 nitrogen and oxygen atoms in total. The number of urea groups is 1. The third kappa shape index (κ3) is 11.4. The predicted molar refractivity (Wildman–Crippen MR) is 180 cm³/mol. The molecule has 0 saturated carbocycles. The molecular formula is C36H47N3O4S. The van der Waals surface area contributed by atoms with Crippen molar-refractivity contribution in [3.8, 4) is 11.1 Å². The Morgan fingerprint density at radius 1 is 0.864 bits per heavy atom. The summed E-state index contributed by atoms with van der Waals surface area (Å²) in [6.45, 7) is 9.09. The average Bonchev–Trinajstić information content (AvgIpc) is 3.03. The Balaban J connectivity index is 1.85. The summed E-state index contributed by atoms with van der Waals surface area (Å²) in [7, 11) is 0. The minimum absolute atomic E-state index is 0.215. The van der Waals surface area contributed by atoms with E-state index in [-0.39, 0.29) is 12.5 Å². The Hall–Kier alpha value is -3.78. The minimum Gasteiger partial charge on any atom is -0.464 e. The number of hydrogen-bond acceptors (Lipinski definition) is 5. The number of nitrogens with zero attached hydrogens (tertiary/aromatic N) is 1. The lowest BCUT2D eigenvalue weighted by atomic mass is 10.0. The van der Waals surface area contributed by atoms with Crippen LogP contribution >= 0.6 is 11.8 Å². The third-order valence-corrected chi connectivity index (χ3v) is 8.33. The van der Waals surface area contributed by atoms with Gasteiger partial charge in [-0.05, 0) is 54.5 Å². The monoisotopic (exact) mass is 617 g/mol. The molecule has 0 spiro atoms. The number of carbonyl (C=O) groups is 3. The maximum atomic E-state index is 14.0. The van der Waals surface area contributed by atoms with Crippen LogP contribution in [0.2, 0.25) is 0 Å². The fourth-order valence-electron chi connectivity index (χ4n) is 4.66. The van der Waals surface area contributed by atoms with E-state index in [1.807, 2.05) is 72.8 Å². The van der Waals surface area contributed by atoms with Crippen LogP contribution in [0.1, 0.15) is 52.5 Å². The van der Waals surface area contributed by atoms with Crippen molar-refractivity contribution in [2.75, 3.05) is 25.4 Å². The van der Waals surface area contributed by atoms with E-state index >= 15 is 0 Å². The third-order valence-electron chi connectivity index (χ3n) is 7.24. The van der Waals surface area contributed by atoms with Gasteiger partial charge in [0.05, 0.1) is 6.61 Å². The van der Waals surface area contributed by atoms with Gasteiger partial charge in [0.1, 0.15) is 12.1 Å². The van der Waals surface area contributed by atoms with Crippen LogP contribution in [-0.4, -0.2) is 60.3 Å². The summed E-state index contributed by atoms with van der Waals surface area (Å²) in [5.74, 6) is -0.0431. The summed E-state index contributed by atoms with van der Waals surface area (Å²) in [5, 5.41) is 5.98. The molecule has 0 heterocycles. The van der Waals surface area contributed by atoms with E-state index in [1.165, 1.54) is 11.8 Å². The van der Waals surface area contributed by atoms with Gasteiger partial charge in [-0.3, -0.25) is 4.79 Å². The number of unbranched alkanes of at least 4 members (excludes halogenated alkanes) is 1. The molecule has 0 fully saturated rings. The van der Waals surface area contributed by atoms with E-state index < -0.39 is 24.1 Å². The molecule has 0 saturated heterocycles. The molecule has 2 N–H and O–H groups in total. The van der Waals surface area contributed by atoms with Crippen LogP contribution in [0.15, 0.2) is 89.8 Å². The summed E-state index contributed by atoms with van der Waals surface area (Å²) in [6, 6.07) is 25.9. The van der Waals surface area contributed by atoms with Gasteiger partial charge in [-0.2, -0.15) is 0 Å². The van der Waals surface area contributed by atoms with Gasteiger partial charge in [0.25, 0.3) is 0 Å². The first-order chi connectivity index (χ1) is 21.3. The number of hydrogen-bond donors (Lipinski definition) is 2. The Bertz CT molecular complexity index is 1290. The van der Waals surface area contributed by atoms with Gasteiger partial charge in [-0.25, -0.2) is 9.59 Å². The van der Waals surface area contributed by atoms with Crippen molar-refractivity contribution in [3.63, 3.8) is 0 Å². The highest BCUT2D eigenvalue weighted by Crippen LogP contribution is 2.23. The van der Waals surface area contributed by atoms with Crippen molar-refractivity contribution in [2.24, 2.45) is 5.92 Å². The first-order valence-electron chi connectivity index (χ1n) is 15.7. The maximum absolute atomic E-state index is 14.0. The molecule has 0 aliphatic rings. The lowest BCUT2D eigenvalue weighted by Crippen LogP contribution is -2.57. The average molecular weight is 618 g/mol. The number of carbonyl (C=O) groups excluding carboxylic acids is 3. The summed E-state index contributed by atoms with van der Waals surface area (Å²) < 4.78 is 5.44. The lowest BCUT2D eigenvalue weighted by Gasteiger charge is -2.32. The van der Waals surface area contributed by atoms with Crippen LogP contribution < -0.4 is 10.6 Å². The molecule has 3 aromatic carbocycles. The topological polar surface area (TPSA) is 87.7 Å². The number of esters is 1. The largest absolute Gasteiger partial charge is 0.464 e. The summed E-state index contributed by atoms with van der Waals surface area (Å²) in [4.78, 5) is 43.2. The smallest absolute Gasteiger partial charge is 0.329 e. The van der Waals surface area contributed by atoms with Gasteiger partial charge >= 0.3 is 12.0 Å². The van der Waals surface area contributed by atoms with Gasteiger partial charge in [0.2, 0.25) is 5.91 Å². The standard InChI is InChI=1S/C36H47N3O4S/c1-5-7-23-37-34(40)32(25-28-18-20-30(21-19-28)29-14-10-8-11-15-29)38-36(42)39(24-22-27(3)4)33(35(41)43-6-2)26-44-31-16-12-9-13-17-31/h8-21,27,32-33H,5-7,22-26H2,1-4H3,(H,37,40)(H,38,42)/t32-,33?/m0/s1. The zero-order chi connectivity index (χ0) is 31.7. The molecule has 8 heteroatoms. The number of ether oxygens (including phenoxy) is 1. The lowest BCUT2D eigenvalue weighted by molar-refractivity contribution is -0.147. The molecule has 0 bridgehead atoms. The molecule has 0 aliphatic heterocycles. The van der Waals surface area contributed by atoms with Crippen LogP contribution in [-0.2, 0) is 20.7 Å². The van der Waals surface area contributed by atoms with Crippen molar-refractivity contribution in [1.82, 2.24) is 15.5 Å². The first-order valence-corrected chi connectivity index (χ1v) is 16.6. The normalized spacial score (nSPS) is 12.3. The molecule has 3 rings (SSSR count). The van der Waals surface area contributed by atoms with E-state index in [4.69, 9.17) is 4.74 Å². The fraction of sp³-hybridized carbons (Fsp3) is 0.417. The van der Waals surface area contributed by atoms with E-state index in [9.17, 15) is 14.4 Å². The highest BCUT2D eigenvalue weighted by atomic mass is 32.2. The number of rotatable bonds is 17. The van der Waals surface area contributed by atoms with Crippen molar-refractivity contribution in [1.29, 1.82) is 0 Å². The van der Waals surface area contributed by atoms with Crippen LogP contribution in [0.25, 0.3) is 11.1 Å². The second kappa shape index (κ2) is 18.8. The molecule has 2 atom stereocenters. The van der Waals surface area contributed by atoms with Crippen LogP contribution in [0.3, 0.4) is 0 Å². The van der Waals surface area contributed by atoms with Crippen molar-refractivity contribution in [3.05, 3.63) is 90.5 Å². The van der Waals surface area contributed by atoms with Gasteiger partial charge in [-0.15, -0.1) is 11.8 Å². The minimum atomic E-state index is -0.812. The van der Waals surface area contributed by atoms with E-state index in [1.54, 1.807) is 11.8 Å². The van der Waals surface area contributed by atoms with Gasteiger partial charge < -0.3 is 20.3 Å². The second-order valence-electron chi connectivity index (χ2n) is 11.2. The van der Waals surface area contributed by atoms with Gasteiger partial charge in [0.15, 0.2) is 0 Å². The quantitative estimate of drug-likeness (QED) is 0.0971. The Morgan fingerprint density at radius 3 is 2.11 bits per heavy atom. The second-order valence-corrected chi connectivity index (χ2v) is 12.3. The van der Waals surface area contributed by atoms with Crippen molar-refractivity contribution in [2.45, 2.75) is 70.4 Å². The van der Waals surface area contributed by atoms with Crippen molar-refractivity contribution >= 4 is 29.7 Å². The summed E-state index contributed by atoms with van der Waals surface area (Å²) in [6.07, 6.45) is 2.81. The highest BCUT2D eigenvalue weighted by Gasteiger charge is 2.33. The van der Waals surface area contributed by atoms with E-state index in [0.29, 0.717) is 37.6 Å². The summed E-state index contributed by atoms with van der Waals surface area (Å²) >= 11 is 1.50. The highest BCUT2D eigenvalue weighted by molar-refractivity contribution is 7.99. The van der Waals surface area contributed by atoms with Crippen molar-refractivity contribution < 1.29 is 19.1 Å². The number of nitrogens with one attached hydrogen (secondary N) is 2. The molecule has 236 valence electrons. The van der Waals surface area contributed by atoms with Gasteiger partial charge in [0, 0.05) is 30.2 Å². The molecular weight excluding hydrogens is 570 g/mol. The first kappa shape index (κ1) is 34.7. The van der Waals surface area contributed by atoms with E-state index in [2.05, 4.69) is 43.5 Å². The Kier molecular flexibility index (Phi) is 14.8. The van der Waals surface area contributed by atoms with Crippen LogP contribution in [0, 0.1) is 5.92 Å². The number of amides is 3.